The van der Waals surface area contributed by atoms with Gasteiger partial charge in [0.15, 0.2) is 0 Å². The van der Waals surface area contributed by atoms with E-state index in [2.05, 4.69) is 10.6 Å². The average molecular weight is 347 g/mol. The van der Waals surface area contributed by atoms with E-state index in [4.69, 9.17) is 4.74 Å². The van der Waals surface area contributed by atoms with Crippen molar-refractivity contribution >= 4 is 18.3 Å². The molecule has 0 aliphatic carbocycles. The van der Waals surface area contributed by atoms with Crippen molar-refractivity contribution in [1.29, 1.82) is 0 Å². The first-order chi connectivity index (χ1) is 11.3. The maximum atomic E-state index is 12.6. The smallest absolute Gasteiger partial charge is 0.251 e. The van der Waals surface area contributed by atoms with Crippen molar-refractivity contribution in [2.45, 2.75) is 25.5 Å². The van der Waals surface area contributed by atoms with Crippen LogP contribution in [0.15, 0.2) is 54.6 Å². The summed E-state index contributed by atoms with van der Waals surface area (Å²) in [6, 6.07) is 17.5. The van der Waals surface area contributed by atoms with Crippen molar-refractivity contribution in [3.63, 3.8) is 0 Å². The second kappa shape index (κ2) is 9.30. The van der Waals surface area contributed by atoms with Crippen LogP contribution in [0, 0.1) is 0 Å². The van der Waals surface area contributed by atoms with E-state index < -0.39 is 0 Å². The Bertz CT molecular complexity index is 643. The van der Waals surface area contributed by atoms with Gasteiger partial charge in [0.05, 0.1) is 0 Å². The average Bonchev–Trinajstić information content (AvgIpc) is 2.62. The highest BCUT2D eigenvalue weighted by Gasteiger charge is 2.18. The molecule has 1 aliphatic heterocycles. The van der Waals surface area contributed by atoms with Crippen molar-refractivity contribution in [1.82, 2.24) is 10.6 Å². The lowest BCUT2D eigenvalue weighted by Gasteiger charge is -2.24. The molecule has 1 fully saturated rings. The highest BCUT2D eigenvalue weighted by atomic mass is 35.5. The van der Waals surface area contributed by atoms with Crippen LogP contribution in [0.4, 0.5) is 0 Å². The molecule has 1 heterocycles. The van der Waals surface area contributed by atoms with Crippen LogP contribution in [0.25, 0.3) is 0 Å². The van der Waals surface area contributed by atoms with E-state index in [9.17, 15) is 4.79 Å². The fraction of sp³-hybridized carbons (Fsp3) is 0.316. The van der Waals surface area contributed by atoms with Gasteiger partial charge in [0.2, 0.25) is 0 Å². The Labute approximate surface area is 149 Å². The molecule has 128 valence electrons. The van der Waals surface area contributed by atoms with E-state index in [0.29, 0.717) is 12.2 Å². The number of ether oxygens (including phenoxy) is 1. The largest absolute Gasteiger partial charge is 0.489 e. The van der Waals surface area contributed by atoms with Crippen molar-refractivity contribution in [3.8, 4) is 5.75 Å². The topological polar surface area (TPSA) is 50.4 Å². The molecule has 1 saturated heterocycles. The summed E-state index contributed by atoms with van der Waals surface area (Å²) in [5.74, 6) is 0.783. The van der Waals surface area contributed by atoms with Gasteiger partial charge in [0.1, 0.15) is 12.4 Å². The van der Waals surface area contributed by atoms with Crippen LogP contribution >= 0.6 is 12.4 Å². The zero-order chi connectivity index (χ0) is 15.9. The van der Waals surface area contributed by atoms with Gasteiger partial charge in [-0.15, -0.1) is 12.4 Å². The summed E-state index contributed by atoms with van der Waals surface area (Å²) in [6.45, 7) is 2.26. The molecular formula is C19H23ClN2O2. The van der Waals surface area contributed by atoms with Gasteiger partial charge < -0.3 is 15.4 Å². The van der Waals surface area contributed by atoms with Gasteiger partial charge in [0, 0.05) is 23.7 Å². The van der Waals surface area contributed by atoms with Crippen LogP contribution in [0.1, 0.15) is 28.8 Å². The number of hydrogen-bond donors (Lipinski definition) is 2. The number of carbonyl (C=O) groups excluding carboxylic acids is 1. The van der Waals surface area contributed by atoms with E-state index in [1.165, 1.54) is 0 Å². The Morgan fingerprint density at radius 3 is 2.62 bits per heavy atom. The van der Waals surface area contributed by atoms with E-state index in [0.717, 1.165) is 37.2 Å². The lowest BCUT2D eigenvalue weighted by Crippen LogP contribution is -2.45. The van der Waals surface area contributed by atoms with Crippen LogP contribution in [-0.2, 0) is 6.61 Å². The molecule has 0 unspecified atom stereocenters. The predicted molar refractivity (Wildman–Crippen MR) is 97.8 cm³/mol. The highest BCUT2D eigenvalue weighted by Crippen LogP contribution is 2.15. The third-order valence-electron chi connectivity index (χ3n) is 4.03. The third kappa shape index (κ3) is 4.98. The van der Waals surface area contributed by atoms with Crippen LogP contribution in [0.5, 0.6) is 5.75 Å². The first-order valence-corrected chi connectivity index (χ1v) is 8.10. The molecule has 0 radical (unpaired) electrons. The number of amides is 1. The zero-order valence-electron chi connectivity index (χ0n) is 13.5. The molecule has 0 bridgehead atoms. The summed E-state index contributed by atoms with van der Waals surface area (Å²) < 4.78 is 5.78. The number of rotatable bonds is 5. The summed E-state index contributed by atoms with van der Waals surface area (Å²) in [6.07, 6.45) is 2.13. The normalized spacial score (nSPS) is 16.8. The Morgan fingerprint density at radius 2 is 1.88 bits per heavy atom. The minimum Gasteiger partial charge on any atom is -0.489 e. The lowest BCUT2D eigenvalue weighted by atomic mass is 10.0. The van der Waals surface area contributed by atoms with Crippen molar-refractivity contribution in [3.05, 3.63) is 65.7 Å². The summed E-state index contributed by atoms with van der Waals surface area (Å²) in [7, 11) is 0. The van der Waals surface area contributed by atoms with Crippen LogP contribution < -0.4 is 15.4 Å². The van der Waals surface area contributed by atoms with Crippen LogP contribution in [0.3, 0.4) is 0 Å². The van der Waals surface area contributed by atoms with E-state index in [1.54, 1.807) is 0 Å². The van der Waals surface area contributed by atoms with Gasteiger partial charge >= 0.3 is 0 Å². The fourth-order valence-corrected chi connectivity index (χ4v) is 2.78. The molecule has 1 amide bonds. The standard InChI is InChI=1S/C19H22N2O2.ClH/c22-19(21-16-8-6-12-20-13-16)18-11-5-4-7-15(18)14-23-17-9-2-1-3-10-17;/h1-5,7,9-11,16,20H,6,8,12-14H2,(H,21,22);1H/t16-;/m0./s1. The van der Waals surface area contributed by atoms with Gasteiger partial charge in [-0.25, -0.2) is 0 Å². The molecule has 5 heteroatoms. The predicted octanol–water partition coefficient (Wildman–Crippen LogP) is 3.17. The molecule has 2 N–H and O–H groups in total. The first kappa shape index (κ1) is 18.3. The number of benzene rings is 2. The Kier molecular flexibility index (Phi) is 7.09. The fourth-order valence-electron chi connectivity index (χ4n) is 2.78. The molecule has 4 nitrogen and oxygen atoms in total. The molecule has 24 heavy (non-hydrogen) atoms. The maximum Gasteiger partial charge on any atom is 0.251 e. The molecule has 2 aromatic rings. The molecule has 0 aromatic heterocycles. The molecule has 1 atom stereocenters. The molecule has 0 spiro atoms. The Morgan fingerprint density at radius 1 is 1.12 bits per heavy atom. The Hall–Kier alpha value is -2.04. The summed E-state index contributed by atoms with van der Waals surface area (Å²) in [5, 5.41) is 6.43. The number of para-hydroxylation sites is 1. The quantitative estimate of drug-likeness (QED) is 0.874. The van der Waals surface area contributed by atoms with Crippen molar-refractivity contribution in [2.75, 3.05) is 13.1 Å². The number of carbonyl (C=O) groups is 1. The highest BCUT2D eigenvalue weighted by molar-refractivity contribution is 5.95. The zero-order valence-corrected chi connectivity index (χ0v) is 14.4. The number of nitrogens with one attached hydrogen (secondary N) is 2. The van der Waals surface area contributed by atoms with E-state index in [-0.39, 0.29) is 24.4 Å². The lowest BCUT2D eigenvalue weighted by molar-refractivity contribution is 0.0928. The van der Waals surface area contributed by atoms with Crippen LogP contribution in [0.2, 0.25) is 0 Å². The molecule has 3 rings (SSSR count). The Balaban J connectivity index is 0.00000208. The van der Waals surface area contributed by atoms with E-state index >= 15 is 0 Å². The minimum absolute atomic E-state index is 0. The molecule has 1 aliphatic rings. The maximum absolute atomic E-state index is 12.6. The summed E-state index contributed by atoms with van der Waals surface area (Å²) in [5.41, 5.74) is 1.59. The molecular weight excluding hydrogens is 324 g/mol. The van der Waals surface area contributed by atoms with Gasteiger partial charge in [-0.2, -0.15) is 0 Å². The van der Waals surface area contributed by atoms with Crippen LogP contribution in [-0.4, -0.2) is 25.0 Å². The van der Waals surface area contributed by atoms with Gasteiger partial charge in [0.25, 0.3) is 5.91 Å². The van der Waals surface area contributed by atoms with Gasteiger partial charge in [-0.05, 0) is 37.6 Å². The van der Waals surface area contributed by atoms with E-state index in [1.807, 2.05) is 54.6 Å². The summed E-state index contributed by atoms with van der Waals surface area (Å²) in [4.78, 5) is 12.6. The monoisotopic (exact) mass is 346 g/mol. The molecule has 0 saturated carbocycles. The molecule has 2 aromatic carbocycles. The second-order valence-electron chi connectivity index (χ2n) is 5.78. The second-order valence-corrected chi connectivity index (χ2v) is 5.78. The minimum atomic E-state index is -0.0223. The van der Waals surface area contributed by atoms with Crippen molar-refractivity contribution < 1.29 is 9.53 Å². The summed E-state index contributed by atoms with van der Waals surface area (Å²) >= 11 is 0. The number of hydrogen-bond acceptors (Lipinski definition) is 3. The van der Waals surface area contributed by atoms with Gasteiger partial charge in [-0.1, -0.05) is 36.4 Å². The third-order valence-corrected chi connectivity index (χ3v) is 4.03. The van der Waals surface area contributed by atoms with Crippen molar-refractivity contribution in [2.24, 2.45) is 0 Å². The first-order valence-electron chi connectivity index (χ1n) is 8.10. The van der Waals surface area contributed by atoms with Gasteiger partial charge in [-0.3, -0.25) is 4.79 Å². The SMILES string of the molecule is Cl.O=C(N[C@H]1CCCNC1)c1ccccc1COc1ccccc1. The number of halogens is 1. The number of piperidine rings is 1.